The van der Waals surface area contributed by atoms with Gasteiger partial charge in [-0.05, 0) is 67.6 Å². The molecule has 1 aliphatic rings. The number of thiophene rings is 1. The van der Waals surface area contributed by atoms with Crippen molar-refractivity contribution in [3.05, 3.63) is 58.2 Å². The number of rotatable bonds is 9. The quantitative estimate of drug-likeness (QED) is 0.361. The number of nitrogens with one attached hydrogen (secondary N) is 4. The molecule has 0 saturated carbocycles. The van der Waals surface area contributed by atoms with Crippen LogP contribution in [0.4, 0.5) is 4.39 Å². The summed E-state index contributed by atoms with van der Waals surface area (Å²) >= 11 is 1.36. The zero-order valence-corrected chi connectivity index (χ0v) is 19.0. The molecule has 2 amide bonds. The molecule has 0 atom stereocenters. The third-order valence-corrected chi connectivity index (χ3v) is 6.97. The molecular formula is C24H27FN4O3S. The smallest absolute Gasteiger partial charge is 0.245 e. The second-order valence-corrected chi connectivity index (χ2v) is 9.24. The zero-order chi connectivity index (χ0) is 23.3. The number of ketones is 1. The minimum absolute atomic E-state index is 0.0418. The van der Waals surface area contributed by atoms with Crippen LogP contribution in [0, 0.1) is 5.82 Å². The molecule has 1 fully saturated rings. The molecule has 4 N–H and O–H groups in total. The maximum atomic E-state index is 13.6. The number of aromatic nitrogens is 1. The number of hydrogen-bond acceptors (Lipinski definition) is 5. The molecule has 0 spiro atoms. The van der Waals surface area contributed by atoms with Crippen molar-refractivity contribution >= 4 is 39.8 Å². The Bertz CT molecular complexity index is 1140. The van der Waals surface area contributed by atoms with Crippen molar-refractivity contribution in [3.8, 4) is 0 Å². The van der Waals surface area contributed by atoms with Gasteiger partial charge in [-0.1, -0.05) is 6.07 Å². The minimum Gasteiger partial charge on any atom is -0.361 e. The summed E-state index contributed by atoms with van der Waals surface area (Å²) in [6.45, 7) is 1.59. The van der Waals surface area contributed by atoms with Crippen LogP contribution in [0.2, 0.25) is 0 Å². The van der Waals surface area contributed by atoms with E-state index in [2.05, 4.69) is 20.9 Å². The van der Waals surface area contributed by atoms with Gasteiger partial charge in [0.25, 0.3) is 0 Å². The van der Waals surface area contributed by atoms with E-state index < -0.39 is 5.54 Å². The van der Waals surface area contributed by atoms with E-state index >= 15 is 0 Å². The number of carbonyl (C=O) groups is 3. The summed E-state index contributed by atoms with van der Waals surface area (Å²) in [6.07, 6.45) is 3.46. The van der Waals surface area contributed by atoms with Gasteiger partial charge in [-0.15, -0.1) is 11.3 Å². The first kappa shape index (κ1) is 23.1. The first-order chi connectivity index (χ1) is 16.0. The second-order valence-electron chi connectivity index (χ2n) is 8.29. The Balaban J connectivity index is 1.34. The summed E-state index contributed by atoms with van der Waals surface area (Å²) in [5.41, 5.74) is 0.762. The molecule has 0 aliphatic carbocycles. The highest BCUT2D eigenvalue weighted by atomic mass is 32.1. The molecule has 9 heteroatoms. The lowest BCUT2D eigenvalue weighted by molar-refractivity contribution is -0.134. The Labute approximate surface area is 195 Å². The van der Waals surface area contributed by atoms with Gasteiger partial charge < -0.3 is 20.9 Å². The number of piperidine rings is 1. The van der Waals surface area contributed by atoms with Crippen LogP contribution in [-0.2, 0) is 16.0 Å². The maximum absolute atomic E-state index is 13.6. The molecule has 174 valence electrons. The van der Waals surface area contributed by atoms with E-state index in [0.717, 1.165) is 16.5 Å². The molecule has 0 radical (unpaired) electrons. The third kappa shape index (κ3) is 5.48. The van der Waals surface area contributed by atoms with E-state index in [0.29, 0.717) is 43.8 Å². The number of hydrogen-bond donors (Lipinski definition) is 4. The number of aromatic amines is 1. The molecule has 1 aliphatic heterocycles. The molecule has 2 aromatic heterocycles. The Morgan fingerprint density at radius 3 is 2.70 bits per heavy atom. The van der Waals surface area contributed by atoms with Gasteiger partial charge in [0, 0.05) is 36.5 Å². The van der Waals surface area contributed by atoms with Crippen LogP contribution in [0.3, 0.4) is 0 Å². The zero-order valence-electron chi connectivity index (χ0n) is 18.2. The maximum Gasteiger partial charge on any atom is 0.245 e. The fourth-order valence-electron chi connectivity index (χ4n) is 4.22. The van der Waals surface area contributed by atoms with Crippen molar-refractivity contribution in [1.82, 2.24) is 20.9 Å². The van der Waals surface area contributed by atoms with E-state index in [1.54, 1.807) is 18.2 Å². The topological polar surface area (TPSA) is 103 Å². The highest BCUT2D eigenvalue weighted by Crippen LogP contribution is 2.22. The lowest BCUT2D eigenvalue weighted by atomic mass is 9.86. The molecule has 3 heterocycles. The Hall–Kier alpha value is -3.04. The van der Waals surface area contributed by atoms with Gasteiger partial charge in [0.05, 0.1) is 4.88 Å². The number of halogens is 1. The van der Waals surface area contributed by atoms with E-state index in [1.807, 2.05) is 11.6 Å². The van der Waals surface area contributed by atoms with Crippen LogP contribution in [0.1, 0.15) is 40.9 Å². The SMILES string of the molecule is O=C(CCC(=O)c1cccs1)NC1(C(=O)NCCc2c[nH]c3ccc(F)cc23)CCNCC1. The lowest BCUT2D eigenvalue weighted by Gasteiger charge is -2.37. The number of benzene rings is 1. The first-order valence-electron chi connectivity index (χ1n) is 11.1. The van der Waals surface area contributed by atoms with E-state index in [-0.39, 0.29) is 36.3 Å². The number of carbonyl (C=O) groups excluding carboxylic acids is 3. The van der Waals surface area contributed by atoms with E-state index in [1.165, 1.54) is 23.5 Å². The standard InChI is InChI=1S/C24H27FN4O3S/c25-17-3-4-19-18(14-17)16(15-28-19)7-10-27-23(32)24(8-11-26-12-9-24)29-22(31)6-5-20(30)21-2-1-13-33-21/h1-4,13-15,26,28H,5-12H2,(H,27,32)(H,29,31). The van der Waals surface area contributed by atoms with Gasteiger partial charge in [0.1, 0.15) is 11.4 Å². The first-order valence-corrected chi connectivity index (χ1v) is 12.0. The molecule has 4 rings (SSSR count). The number of amides is 2. The monoisotopic (exact) mass is 470 g/mol. The van der Waals surface area contributed by atoms with Gasteiger partial charge in [-0.3, -0.25) is 14.4 Å². The molecular weight excluding hydrogens is 443 g/mol. The van der Waals surface area contributed by atoms with Crippen molar-refractivity contribution in [2.24, 2.45) is 0 Å². The van der Waals surface area contributed by atoms with Crippen LogP contribution in [0.15, 0.2) is 41.9 Å². The molecule has 1 saturated heterocycles. The Kier molecular flexibility index (Phi) is 7.20. The third-order valence-electron chi connectivity index (χ3n) is 6.05. The molecule has 7 nitrogen and oxygen atoms in total. The van der Waals surface area contributed by atoms with Crippen molar-refractivity contribution in [3.63, 3.8) is 0 Å². The van der Waals surface area contributed by atoms with Gasteiger partial charge in [-0.25, -0.2) is 4.39 Å². The van der Waals surface area contributed by atoms with Gasteiger partial charge in [0.2, 0.25) is 11.8 Å². The largest absolute Gasteiger partial charge is 0.361 e. The summed E-state index contributed by atoms with van der Waals surface area (Å²) in [5, 5.41) is 11.7. The van der Waals surface area contributed by atoms with Crippen molar-refractivity contribution in [2.75, 3.05) is 19.6 Å². The Morgan fingerprint density at radius 1 is 1.12 bits per heavy atom. The second kappa shape index (κ2) is 10.3. The van der Waals surface area contributed by atoms with Gasteiger partial charge in [-0.2, -0.15) is 0 Å². The summed E-state index contributed by atoms with van der Waals surface area (Å²) < 4.78 is 13.6. The van der Waals surface area contributed by atoms with Crippen molar-refractivity contribution < 1.29 is 18.8 Å². The number of H-pyrrole nitrogens is 1. The van der Waals surface area contributed by atoms with Gasteiger partial charge in [0.15, 0.2) is 5.78 Å². The number of fused-ring (bicyclic) bond motifs is 1. The van der Waals surface area contributed by atoms with Crippen LogP contribution in [0.5, 0.6) is 0 Å². The highest BCUT2D eigenvalue weighted by molar-refractivity contribution is 7.12. The summed E-state index contributed by atoms with van der Waals surface area (Å²) in [7, 11) is 0. The molecule has 0 bridgehead atoms. The summed E-state index contributed by atoms with van der Waals surface area (Å²) in [4.78, 5) is 41.7. The van der Waals surface area contributed by atoms with Crippen LogP contribution < -0.4 is 16.0 Å². The normalized spacial score (nSPS) is 15.3. The van der Waals surface area contributed by atoms with E-state index in [4.69, 9.17) is 0 Å². The highest BCUT2D eigenvalue weighted by Gasteiger charge is 2.40. The average molecular weight is 471 g/mol. The lowest BCUT2D eigenvalue weighted by Crippen LogP contribution is -2.63. The predicted molar refractivity (Wildman–Crippen MR) is 126 cm³/mol. The minimum atomic E-state index is -0.999. The molecule has 3 aromatic rings. The van der Waals surface area contributed by atoms with E-state index in [9.17, 15) is 18.8 Å². The summed E-state index contributed by atoms with van der Waals surface area (Å²) in [6, 6.07) is 8.13. The Morgan fingerprint density at radius 2 is 1.94 bits per heavy atom. The summed E-state index contributed by atoms with van der Waals surface area (Å²) in [5.74, 6) is -0.905. The molecule has 0 unspecified atom stereocenters. The van der Waals surface area contributed by atoms with Crippen LogP contribution in [-0.4, -0.2) is 47.8 Å². The van der Waals surface area contributed by atoms with Gasteiger partial charge >= 0.3 is 0 Å². The average Bonchev–Trinajstić information content (AvgIpc) is 3.48. The van der Waals surface area contributed by atoms with Crippen LogP contribution in [0.25, 0.3) is 10.9 Å². The fraction of sp³-hybridized carbons (Fsp3) is 0.375. The molecule has 33 heavy (non-hydrogen) atoms. The molecule has 1 aromatic carbocycles. The predicted octanol–water partition coefficient (Wildman–Crippen LogP) is 2.93. The van der Waals surface area contributed by atoms with Crippen molar-refractivity contribution in [2.45, 2.75) is 37.6 Å². The van der Waals surface area contributed by atoms with Crippen LogP contribution >= 0.6 is 11.3 Å². The number of Topliss-reactive ketones (excluding diaryl/α,β-unsaturated/α-hetero) is 1. The fourth-order valence-corrected chi connectivity index (χ4v) is 4.91. The van der Waals surface area contributed by atoms with Crippen molar-refractivity contribution in [1.29, 1.82) is 0 Å².